The van der Waals surface area contributed by atoms with Gasteiger partial charge in [0.25, 0.3) is 5.91 Å². The molecule has 1 amide bonds. The third kappa shape index (κ3) is 5.92. The molecule has 1 aromatic carbocycles. The fourth-order valence-electron chi connectivity index (χ4n) is 4.29. The van der Waals surface area contributed by atoms with Crippen LogP contribution in [0, 0.1) is 5.92 Å². The molecule has 0 spiro atoms. The number of carbonyl (C=O) groups excluding carboxylic acids is 1. The molecule has 2 heterocycles. The van der Waals surface area contributed by atoms with Gasteiger partial charge in [-0.05, 0) is 67.9 Å². The van der Waals surface area contributed by atoms with E-state index in [0.717, 1.165) is 43.2 Å². The number of ether oxygens (including phenoxy) is 1. The summed E-state index contributed by atoms with van der Waals surface area (Å²) in [4.78, 5) is 19.2. The van der Waals surface area contributed by atoms with Gasteiger partial charge in [-0.2, -0.15) is 0 Å². The van der Waals surface area contributed by atoms with Crippen molar-refractivity contribution in [3.05, 3.63) is 72.1 Å². The lowest BCUT2D eigenvalue weighted by Crippen LogP contribution is -2.40. The minimum atomic E-state index is -0.0966. The maximum absolute atomic E-state index is 12.5. The van der Waals surface area contributed by atoms with E-state index in [-0.39, 0.29) is 12.0 Å². The summed E-state index contributed by atoms with van der Waals surface area (Å²) in [7, 11) is 0. The Morgan fingerprint density at radius 1 is 1.13 bits per heavy atom. The number of nitrogens with zero attached hydrogens (tertiary/aromatic N) is 2. The number of amides is 1. The molecule has 2 aromatic rings. The predicted molar refractivity (Wildman–Crippen MR) is 118 cm³/mol. The van der Waals surface area contributed by atoms with Crippen molar-refractivity contribution in [2.75, 3.05) is 19.6 Å². The summed E-state index contributed by atoms with van der Waals surface area (Å²) in [5.74, 6) is 1.50. The molecule has 1 aromatic heterocycles. The Balaban J connectivity index is 1.24. The second-order valence-corrected chi connectivity index (χ2v) is 8.34. The lowest BCUT2D eigenvalue weighted by molar-refractivity contribution is 0.0892. The van der Waals surface area contributed by atoms with Crippen molar-refractivity contribution >= 4 is 5.91 Å². The molecule has 5 heteroatoms. The molecule has 5 nitrogen and oxygen atoms in total. The van der Waals surface area contributed by atoms with Gasteiger partial charge in [0.2, 0.25) is 0 Å². The van der Waals surface area contributed by atoms with E-state index in [1.807, 2.05) is 36.4 Å². The van der Waals surface area contributed by atoms with E-state index in [4.69, 9.17) is 4.74 Å². The first-order valence-corrected chi connectivity index (χ1v) is 11.1. The Morgan fingerprint density at radius 3 is 2.80 bits per heavy atom. The fraction of sp³-hybridized carbons (Fsp3) is 0.440. The van der Waals surface area contributed by atoms with Gasteiger partial charge >= 0.3 is 0 Å². The second-order valence-electron chi connectivity index (χ2n) is 8.34. The van der Waals surface area contributed by atoms with Gasteiger partial charge in [0.05, 0.1) is 0 Å². The number of allylic oxidation sites excluding steroid dienone is 2. The van der Waals surface area contributed by atoms with E-state index < -0.39 is 0 Å². The number of nitrogens with one attached hydrogen (secondary N) is 1. The average molecular weight is 406 g/mol. The smallest absolute Gasteiger partial charge is 0.251 e. The fourth-order valence-corrected chi connectivity index (χ4v) is 4.29. The number of aromatic nitrogens is 1. The highest BCUT2D eigenvalue weighted by atomic mass is 16.5. The highest BCUT2D eigenvalue weighted by Gasteiger charge is 2.23. The van der Waals surface area contributed by atoms with Crippen LogP contribution in [-0.2, 0) is 6.54 Å². The van der Waals surface area contributed by atoms with Crippen molar-refractivity contribution < 1.29 is 9.53 Å². The highest BCUT2D eigenvalue weighted by Crippen LogP contribution is 2.24. The molecule has 1 aliphatic carbocycles. The monoisotopic (exact) mass is 405 g/mol. The Hall–Kier alpha value is -2.66. The van der Waals surface area contributed by atoms with Crippen molar-refractivity contribution in [2.24, 2.45) is 5.92 Å². The van der Waals surface area contributed by atoms with Crippen molar-refractivity contribution in [3.63, 3.8) is 0 Å². The lowest BCUT2D eigenvalue weighted by atomic mass is 9.93. The minimum absolute atomic E-state index is 0.0966. The molecule has 1 saturated heterocycles. The zero-order chi connectivity index (χ0) is 20.6. The Bertz CT molecular complexity index is 844. The first-order chi connectivity index (χ1) is 14.8. The molecular formula is C25H31N3O2. The summed E-state index contributed by atoms with van der Waals surface area (Å²) >= 11 is 0. The quantitative estimate of drug-likeness (QED) is 0.701. The molecule has 0 unspecified atom stereocenters. The van der Waals surface area contributed by atoms with Gasteiger partial charge in [0.1, 0.15) is 11.9 Å². The normalized spacial score (nSPS) is 20.1. The van der Waals surface area contributed by atoms with Crippen LogP contribution in [0.1, 0.15) is 48.0 Å². The minimum Gasteiger partial charge on any atom is -0.490 e. The van der Waals surface area contributed by atoms with Crippen LogP contribution in [0.4, 0.5) is 0 Å². The standard InChI is InChI=1S/C25H31N3O2/c29-25(27-18-21-8-5-13-26-17-21)22-9-4-10-24(16-22)30-23-11-14-28(15-12-23)19-20-6-2-1-3-7-20/h1-2,4-5,8-10,13,16-17,20,23H,3,6-7,11-12,14-15,18-19H2,(H,27,29)/t20-/m1/s1. The predicted octanol–water partition coefficient (Wildman–Crippen LogP) is 4.21. The number of pyridine rings is 1. The SMILES string of the molecule is O=C(NCc1cccnc1)c1cccc(OC2CCN(C[C@@H]3CC=CCC3)CC2)c1. The van der Waals surface area contributed by atoms with E-state index in [9.17, 15) is 4.79 Å². The molecule has 0 bridgehead atoms. The largest absolute Gasteiger partial charge is 0.490 e. The summed E-state index contributed by atoms with van der Waals surface area (Å²) in [5.41, 5.74) is 1.61. The third-order valence-corrected chi connectivity index (χ3v) is 6.00. The Labute approximate surface area is 179 Å². The molecule has 1 aliphatic heterocycles. The van der Waals surface area contributed by atoms with E-state index in [2.05, 4.69) is 27.4 Å². The zero-order valence-corrected chi connectivity index (χ0v) is 17.5. The van der Waals surface area contributed by atoms with Crippen molar-refractivity contribution in [2.45, 2.75) is 44.8 Å². The Kier molecular flexibility index (Phi) is 7.14. The second kappa shape index (κ2) is 10.4. The first kappa shape index (κ1) is 20.6. The topological polar surface area (TPSA) is 54.5 Å². The van der Waals surface area contributed by atoms with Crippen LogP contribution in [0.15, 0.2) is 60.9 Å². The summed E-state index contributed by atoms with van der Waals surface area (Å²) in [5, 5.41) is 2.94. The lowest BCUT2D eigenvalue weighted by Gasteiger charge is -2.34. The molecule has 30 heavy (non-hydrogen) atoms. The van der Waals surface area contributed by atoms with Gasteiger partial charge in [0.15, 0.2) is 0 Å². The van der Waals surface area contributed by atoms with E-state index >= 15 is 0 Å². The van der Waals surface area contributed by atoms with Crippen molar-refractivity contribution in [3.8, 4) is 5.75 Å². The molecule has 1 N–H and O–H groups in total. The van der Waals surface area contributed by atoms with Gasteiger partial charge in [0, 0.05) is 44.1 Å². The average Bonchev–Trinajstić information content (AvgIpc) is 2.80. The van der Waals surface area contributed by atoms with Gasteiger partial charge in [-0.15, -0.1) is 0 Å². The van der Waals surface area contributed by atoms with E-state index in [1.54, 1.807) is 12.4 Å². The molecule has 0 radical (unpaired) electrons. The number of benzene rings is 1. The number of carbonyl (C=O) groups is 1. The van der Waals surface area contributed by atoms with Gasteiger partial charge in [-0.3, -0.25) is 9.78 Å². The first-order valence-electron chi connectivity index (χ1n) is 11.1. The number of piperidine rings is 1. The summed E-state index contributed by atoms with van der Waals surface area (Å²) in [6, 6.07) is 11.3. The number of rotatable bonds is 7. The van der Waals surface area contributed by atoms with Crippen molar-refractivity contribution in [1.82, 2.24) is 15.2 Å². The highest BCUT2D eigenvalue weighted by molar-refractivity contribution is 5.94. The van der Waals surface area contributed by atoms with Crippen molar-refractivity contribution in [1.29, 1.82) is 0 Å². The van der Waals surface area contributed by atoms with Crippen LogP contribution in [0.5, 0.6) is 5.75 Å². The van der Waals surface area contributed by atoms with Crippen LogP contribution >= 0.6 is 0 Å². The van der Waals surface area contributed by atoms with Crippen LogP contribution < -0.4 is 10.1 Å². The maximum atomic E-state index is 12.5. The number of hydrogen-bond donors (Lipinski definition) is 1. The van der Waals surface area contributed by atoms with Crippen LogP contribution in [0.25, 0.3) is 0 Å². The van der Waals surface area contributed by atoms with Crippen LogP contribution in [0.2, 0.25) is 0 Å². The van der Waals surface area contributed by atoms with E-state index in [1.165, 1.54) is 25.8 Å². The van der Waals surface area contributed by atoms with Gasteiger partial charge in [-0.1, -0.05) is 24.3 Å². The summed E-state index contributed by atoms with van der Waals surface area (Å²) < 4.78 is 6.22. The molecule has 1 fully saturated rings. The summed E-state index contributed by atoms with van der Waals surface area (Å²) in [6.45, 7) is 3.86. The van der Waals surface area contributed by atoms with Gasteiger partial charge in [-0.25, -0.2) is 0 Å². The molecular weight excluding hydrogens is 374 g/mol. The maximum Gasteiger partial charge on any atom is 0.251 e. The Morgan fingerprint density at radius 2 is 2.03 bits per heavy atom. The summed E-state index contributed by atoms with van der Waals surface area (Å²) in [6.07, 6.45) is 14.2. The molecule has 4 rings (SSSR count). The van der Waals surface area contributed by atoms with Gasteiger partial charge < -0.3 is 15.0 Å². The molecule has 0 saturated carbocycles. The zero-order valence-electron chi connectivity index (χ0n) is 17.5. The molecule has 1 atom stereocenters. The number of hydrogen-bond acceptors (Lipinski definition) is 4. The van der Waals surface area contributed by atoms with Crippen LogP contribution in [-0.4, -0.2) is 41.5 Å². The third-order valence-electron chi connectivity index (χ3n) is 6.00. The molecule has 158 valence electrons. The molecule has 2 aliphatic rings. The van der Waals surface area contributed by atoms with E-state index in [0.29, 0.717) is 12.1 Å². The number of likely N-dealkylation sites (tertiary alicyclic amines) is 1. The van der Waals surface area contributed by atoms with Crippen LogP contribution in [0.3, 0.4) is 0 Å².